The van der Waals surface area contributed by atoms with Gasteiger partial charge in [0.25, 0.3) is 0 Å². The Balaban J connectivity index is 1.43. The number of benzene rings is 1. The summed E-state index contributed by atoms with van der Waals surface area (Å²) in [7, 11) is 0. The Bertz CT molecular complexity index is 540. The predicted molar refractivity (Wildman–Crippen MR) is 104 cm³/mol. The number of aryl methyl sites for hydroxylation is 1. The molecule has 1 aromatic rings. The van der Waals surface area contributed by atoms with E-state index in [2.05, 4.69) is 29.7 Å². The van der Waals surface area contributed by atoms with Gasteiger partial charge in [-0.2, -0.15) is 0 Å². The predicted octanol–water partition coefficient (Wildman–Crippen LogP) is 5.12. The summed E-state index contributed by atoms with van der Waals surface area (Å²) in [4.78, 5) is 5.40. The molecule has 4 heteroatoms. The van der Waals surface area contributed by atoms with Crippen molar-refractivity contribution < 1.29 is 0 Å². The zero-order valence-corrected chi connectivity index (χ0v) is 16.5. The van der Waals surface area contributed by atoms with E-state index in [-0.39, 0.29) is 0 Å². The summed E-state index contributed by atoms with van der Waals surface area (Å²) in [6.45, 7) is 9.69. The Hall–Kier alpha value is -0.280. The number of rotatable bonds is 5. The van der Waals surface area contributed by atoms with Gasteiger partial charge in [-0.1, -0.05) is 36.2 Å². The van der Waals surface area contributed by atoms with Crippen molar-refractivity contribution >= 4 is 23.2 Å². The molecule has 2 fully saturated rings. The molecule has 0 amide bonds. The topological polar surface area (TPSA) is 6.48 Å². The molecule has 24 heavy (non-hydrogen) atoms. The number of hydrogen-bond acceptors (Lipinski definition) is 2. The largest absolute Gasteiger partial charge is 0.298 e. The Morgan fingerprint density at radius 3 is 2.46 bits per heavy atom. The van der Waals surface area contributed by atoms with Gasteiger partial charge in [0.15, 0.2) is 0 Å². The highest BCUT2D eigenvalue weighted by atomic mass is 35.5. The molecule has 1 saturated heterocycles. The molecule has 0 aromatic heterocycles. The number of piperazine rings is 1. The van der Waals surface area contributed by atoms with Crippen LogP contribution in [0.2, 0.25) is 10.0 Å². The van der Waals surface area contributed by atoms with Crippen molar-refractivity contribution in [3.8, 4) is 0 Å². The fourth-order valence-corrected chi connectivity index (χ4v) is 4.63. The van der Waals surface area contributed by atoms with Gasteiger partial charge in [0.2, 0.25) is 0 Å². The van der Waals surface area contributed by atoms with Gasteiger partial charge in [-0.25, -0.2) is 0 Å². The van der Waals surface area contributed by atoms with Crippen molar-refractivity contribution in [1.82, 2.24) is 9.80 Å². The monoisotopic (exact) mass is 368 g/mol. The molecule has 0 radical (unpaired) electrons. The van der Waals surface area contributed by atoms with Crippen molar-refractivity contribution in [2.75, 3.05) is 26.2 Å². The van der Waals surface area contributed by atoms with Crippen molar-refractivity contribution in [3.05, 3.63) is 33.8 Å². The normalized spacial score (nSPS) is 27.5. The van der Waals surface area contributed by atoms with Crippen LogP contribution in [0.5, 0.6) is 0 Å². The maximum absolute atomic E-state index is 6.12. The zero-order valence-electron chi connectivity index (χ0n) is 15.0. The SMILES string of the molecule is CC1CCC(N2CCN(C(C)CCc3ccc(Cl)c(Cl)c3)CC2)C1. The van der Waals surface area contributed by atoms with Crippen LogP contribution < -0.4 is 0 Å². The van der Waals surface area contributed by atoms with Crippen LogP contribution in [0.15, 0.2) is 18.2 Å². The van der Waals surface area contributed by atoms with Gasteiger partial charge in [-0.05, 0) is 62.6 Å². The standard InChI is InChI=1S/C20H30Cl2N2/c1-15-3-7-18(13-15)24-11-9-23(10-12-24)16(2)4-5-17-6-8-19(21)20(22)14-17/h6,8,14-16,18H,3-5,7,9-13H2,1-2H3. The molecule has 0 N–H and O–H groups in total. The van der Waals surface area contributed by atoms with E-state index in [1.165, 1.54) is 57.4 Å². The molecule has 0 bridgehead atoms. The van der Waals surface area contributed by atoms with Crippen LogP contribution in [0.25, 0.3) is 0 Å². The van der Waals surface area contributed by atoms with Crippen molar-refractivity contribution in [2.45, 2.75) is 58.0 Å². The van der Waals surface area contributed by atoms with Gasteiger partial charge in [-0.3, -0.25) is 9.80 Å². The highest BCUT2D eigenvalue weighted by Crippen LogP contribution is 2.29. The summed E-state index contributed by atoms with van der Waals surface area (Å²) in [6, 6.07) is 7.50. The third-order valence-corrected chi connectivity index (χ3v) is 6.73. The van der Waals surface area contributed by atoms with E-state index in [0.29, 0.717) is 16.1 Å². The first-order valence-corrected chi connectivity index (χ1v) is 10.2. The molecular formula is C20H30Cl2N2. The molecule has 2 nitrogen and oxygen atoms in total. The number of halogens is 2. The van der Waals surface area contributed by atoms with Crippen molar-refractivity contribution in [1.29, 1.82) is 0 Å². The third kappa shape index (κ3) is 4.66. The van der Waals surface area contributed by atoms with E-state index in [4.69, 9.17) is 23.2 Å². The summed E-state index contributed by atoms with van der Waals surface area (Å²) in [5.41, 5.74) is 1.29. The Morgan fingerprint density at radius 1 is 1.08 bits per heavy atom. The lowest BCUT2D eigenvalue weighted by Crippen LogP contribution is -2.52. The van der Waals surface area contributed by atoms with Crippen LogP contribution in [0.3, 0.4) is 0 Å². The van der Waals surface area contributed by atoms with Crippen molar-refractivity contribution in [3.63, 3.8) is 0 Å². The highest BCUT2D eigenvalue weighted by molar-refractivity contribution is 6.42. The smallest absolute Gasteiger partial charge is 0.0595 e. The van der Waals surface area contributed by atoms with E-state index in [9.17, 15) is 0 Å². The van der Waals surface area contributed by atoms with Gasteiger partial charge in [0, 0.05) is 38.3 Å². The van der Waals surface area contributed by atoms with Crippen LogP contribution in [0.1, 0.15) is 45.1 Å². The minimum Gasteiger partial charge on any atom is -0.298 e. The second kappa shape index (κ2) is 8.40. The van der Waals surface area contributed by atoms with Crippen LogP contribution >= 0.6 is 23.2 Å². The van der Waals surface area contributed by atoms with Gasteiger partial charge in [0.1, 0.15) is 0 Å². The van der Waals surface area contributed by atoms with Crippen LogP contribution in [0, 0.1) is 5.92 Å². The molecule has 1 aromatic carbocycles. The summed E-state index contributed by atoms with van der Waals surface area (Å²) >= 11 is 12.1. The third-order valence-electron chi connectivity index (χ3n) is 5.99. The van der Waals surface area contributed by atoms with Crippen LogP contribution in [0.4, 0.5) is 0 Å². The molecule has 3 atom stereocenters. The van der Waals surface area contributed by atoms with E-state index >= 15 is 0 Å². The number of nitrogens with zero attached hydrogens (tertiary/aromatic N) is 2. The molecule has 1 saturated carbocycles. The minimum absolute atomic E-state index is 0.629. The van der Waals surface area contributed by atoms with Crippen LogP contribution in [-0.2, 0) is 6.42 Å². The maximum atomic E-state index is 6.12. The molecule has 0 spiro atoms. The molecule has 1 aliphatic carbocycles. The summed E-state index contributed by atoms with van der Waals surface area (Å²) in [5.74, 6) is 0.929. The fraction of sp³-hybridized carbons (Fsp3) is 0.700. The Morgan fingerprint density at radius 2 is 1.83 bits per heavy atom. The molecule has 1 aliphatic heterocycles. The zero-order chi connectivity index (χ0) is 17.1. The van der Waals surface area contributed by atoms with Crippen LogP contribution in [-0.4, -0.2) is 48.1 Å². The molecular weight excluding hydrogens is 339 g/mol. The fourth-order valence-electron chi connectivity index (χ4n) is 4.31. The first kappa shape index (κ1) is 18.5. The van der Waals surface area contributed by atoms with Crippen molar-refractivity contribution in [2.24, 2.45) is 5.92 Å². The second-order valence-electron chi connectivity index (χ2n) is 7.78. The summed E-state index contributed by atoms with van der Waals surface area (Å²) < 4.78 is 0. The molecule has 134 valence electrons. The first-order chi connectivity index (χ1) is 11.5. The second-order valence-corrected chi connectivity index (χ2v) is 8.59. The summed E-state index contributed by atoms with van der Waals surface area (Å²) in [6.07, 6.45) is 6.49. The van der Waals surface area contributed by atoms with E-state index < -0.39 is 0 Å². The first-order valence-electron chi connectivity index (χ1n) is 9.45. The molecule has 2 aliphatic rings. The van der Waals surface area contributed by atoms with Gasteiger partial charge in [-0.15, -0.1) is 0 Å². The average Bonchev–Trinajstić information content (AvgIpc) is 3.02. The highest BCUT2D eigenvalue weighted by Gasteiger charge is 2.30. The molecule has 1 heterocycles. The molecule has 3 rings (SSSR count). The quantitative estimate of drug-likeness (QED) is 0.711. The Kier molecular flexibility index (Phi) is 6.48. The van der Waals surface area contributed by atoms with E-state index in [1.54, 1.807) is 0 Å². The maximum Gasteiger partial charge on any atom is 0.0595 e. The average molecular weight is 369 g/mol. The number of hydrogen-bond donors (Lipinski definition) is 0. The van der Waals surface area contributed by atoms with Gasteiger partial charge in [0.05, 0.1) is 10.0 Å². The lowest BCUT2D eigenvalue weighted by molar-refractivity contribution is 0.0718. The van der Waals surface area contributed by atoms with E-state index in [1.807, 2.05) is 12.1 Å². The van der Waals surface area contributed by atoms with Gasteiger partial charge < -0.3 is 0 Å². The lowest BCUT2D eigenvalue weighted by Gasteiger charge is -2.40. The van der Waals surface area contributed by atoms with E-state index in [0.717, 1.165) is 18.4 Å². The lowest BCUT2D eigenvalue weighted by atomic mass is 10.0. The Labute approximate surface area is 157 Å². The van der Waals surface area contributed by atoms with Gasteiger partial charge >= 0.3 is 0 Å². The molecule has 3 unspecified atom stereocenters. The summed E-state index contributed by atoms with van der Waals surface area (Å²) in [5, 5.41) is 1.31. The minimum atomic E-state index is 0.629.